The van der Waals surface area contributed by atoms with Gasteiger partial charge in [0.25, 0.3) is 0 Å². The summed E-state index contributed by atoms with van der Waals surface area (Å²) in [5, 5.41) is 12.4. The van der Waals surface area contributed by atoms with Gasteiger partial charge in [-0.05, 0) is 39.5 Å². The van der Waals surface area contributed by atoms with Crippen molar-refractivity contribution < 1.29 is 14.7 Å². The van der Waals surface area contributed by atoms with Crippen molar-refractivity contribution in [3.05, 3.63) is 11.1 Å². The number of hydrogen-bond donors (Lipinski definition) is 2. The van der Waals surface area contributed by atoms with Gasteiger partial charge in [0.05, 0.1) is 11.8 Å². The Balaban J connectivity index is 2.04. The summed E-state index contributed by atoms with van der Waals surface area (Å²) in [6, 6.07) is 0.248. The maximum Gasteiger partial charge on any atom is 0.307 e. The molecule has 2 aliphatic rings. The molecular formula is C16H25NO3. The fraction of sp³-hybridized carbons (Fsp3) is 0.750. The second-order valence-electron chi connectivity index (χ2n) is 6.36. The molecule has 1 saturated carbocycles. The lowest BCUT2D eigenvalue weighted by molar-refractivity contribution is -0.147. The number of aliphatic carboxylic acids is 1. The molecule has 2 aliphatic carbocycles. The van der Waals surface area contributed by atoms with E-state index in [1.807, 2.05) is 13.8 Å². The van der Waals surface area contributed by atoms with E-state index in [0.29, 0.717) is 12.8 Å². The summed E-state index contributed by atoms with van der Waals surface area (Å²) in [6.45, 7) is 3.98. The van der Waals surface area contributed by atoms with Gasteiger partial charge in [0, 0.05) is 6.04 Å². The quantitative estimate of drug-likeness (QED) is 0.781. The standard InChI is InChI=1S/C16H25NO3/c1-10-8-13(14(16(19)20)9-11(10)2)15(18)17-12-6-4-3-5-7-12/h12-14H,3-9H2,1-2H3,(H,17,18)(H,19,20). The molecular weight excluding hydrogens is 254 g/mol. The molecule has 4 heteroatoms. The second kappa shape index (κ2) is 6.42. The Morgan fingerprint density at radius 2 is 1.55 bits per heavy atom. The molecule has 0 aromatic rings. The molecule has 2 unspecified atom stereocenters. The maximum atomic E-state index is 12.4. The van der Waals surface area contributed by atoms with Crippen LogP contribution in [0.15, 0.2) is 11.1 Å². The number of nitrogens with one attached hydrogen (secondary N) is 1. The Hall–Kier alpha value is -1.32. The molecule has 20 heavy (non-hydrogen) atoms. The zero-order chi connectivity index (χ0) is 14.7. The predicted molar refractivity (Wildman–Crippen MR) is 77.2 cm³/mol. The lowest BCUT2D eigenvalue weighted by Gasteiger charge is -2.31. The van der Waals surface area contributed by atoms with E-state index in [9.17, 15) is 14.7 Å². The minimum absolute atomic E-state index is 0.0591. The van der Waals surface area contributed by atoms with E-state index in [1.165, 1.54) is 12.0 Å². The van der Waals surface area contributed by atoms with Crippen LogP contribution in [0.4, 0.5) is 0 Å². The summed E-state index contributed by atoms with van der Waals surface area (Å²) < 4.78 is 0. The number of carboxylic acids is 1. The van der Waals surface area contributed by atoms with Gasteiger partial charge in [-0.15, -0.1) is 0 Å². The highest BCUT2D eigenvalue weighted by molar-refractivity contribution is 5.85. The summed E-state index contributed by atoms with van der Waals surface area (Å²) in [6.07, 6.45) is 6.72. The van der Waals surface area contributed by atoms with Crippen LogP contribution in [0.2, 0.25) is 0 Å². The highest BCUT2D eigenvalue weighted by atomic mass is 16.4. The van der Waals surface area contributed by atoms with Crippen molar-refractivity contribution in [1.82, 2.24) is 5.32 Å². The highest BCUT2D eigenvalue weighted by Crippen LogP contribution is 2.34. The molecule has 112 valence electrons. The Morgan fingerprint density at radius 3 is 2.10 bits per heavy atom. The van der Waals surface area contributed by atoms with Crippen molar-refractivity contribution in [3.8, 4) is 0 Å². The number of allylic oxidation sites excluding steroid dienone is 2. The largest absolute Gasteiger partial charge is 0.481 e. The lowest BCUT2D eigenvalue weighted by atomic mass is 9.76. The Labute approximate surface area is 120 Å². The van der Waals surface area contributed by atoms with Gasteiger partial charge >= 0.3 is 5.97 Å². The summed E-state index contributed by atoms with van der Waals surface area (Å²) in [5.41, 5.74) is 2.30. The van der Waals surface area contributed by atoms with Crippen molar-refractivity contribution in [1.29, 1.82) is 0 Å². The van der Waals surface area contributed by atoms with Gasteiger partial charge in [0.2, 0.25) is 5.91 Å². The number of hydrogen-bond acceptors (Lipinski definition) is 2. The van der Waals surface area contributed by atoms with Crippen molar-refractivity contribution in [2.24, 2.45) is 11.8 Å². The van der Waals surface area contributed by atoms with E-state index < -0.39 is 17.8 Å². The van der Waals surface area contributed by atoms with E-state index in [-0.39, 0.29) is 11.9 Å². The summed E-state index contributed by atoms with van der Waals surface area (Å²) in [5.74, 6) is -1.88. The van der Waals surface area contributed by atoms with Crippen molar-refractivity contribution in [2.45, 2.75) is 64.8 Å². The third-order valence-corrected chi connectivity index (χ3v) is 4.87. The van der Waals surface area contributed by atoms with Crippen molar-refractivity contribution in [2.75, 3.05) is 0 Å². The molecule has 0 aromatic carbocycles. The van der Waals surface area contributed by atoms with E-state index >= 15 is 0 Å². The molecule has 0 spiro atoms. The third kappa shape index (κ3) is 3.41. The summed E-state index contributed by atoms with van der Waals surface area (Å²) in [7, 11) is 0. The molecule has 0 aliphatic heterocycles. The monoisotopic (exact) mass is 279 g/mol. The first-order valence-corrected chi connectivity index (χ1v) is 7.67. The van der Waals surface area contributed by atoms with Crippen LogP contribution in [0, 0.1) is 11.8 Å². The topological polar surface area (TPSA) is 66.4 Å². The summed E-state index contributed by atoms with van der Waals surface area (Å²) in [4.78, 5) is 23.8. The first-order chi connectivity index (χ1) is 9.49. The maximum absolute atomic E-state index is 12.4. The normalized spacial score (nSPS) is 28.3. The predicted octanol–water partition coefficient (Wildman–Crippen LogP) is 2.88. The molecule has 4 nitrogen and oxygen atoms in total. The van der Waals surface area contributed by atoms with E-state index in [2.05, 4.69) is 5.32 Å². The molecule has 0 heterocycles. The number of carboxylic acid groups (broad SMARTS) is 1. The Morgan fingerprint density at radius 1 is 1.00 bits per heavy atom. The van der Waals surface area contributed by atoms with Gasteiger partial charge < -0.3 is 10.4 Å². The van der Waals surface area contributed by atoms with Crippen LogP contribution in [0.3, 0.4) is 0 Å². The van der Waals surface area contributed by atoms with E-state index in [0.717, 1.165) is 31.3 Å². The van der Waals surface area contributed by atoms with Crippen LogP contribution in [0.25, 0.3) is 0 Å². The average molecular weight is 279 g/mol. The van der Waals surface area contributed by atoms with E-state index in [4.69, 9.17) is 0 Å². The molecule has 1 fully saturated rings. The first-order valence-electron chi connectivity index (χ1n) is 7.67. The molecule has 2 rings (SSSR count). The van der Waals surface area contributed by atoms with Gasteiger partial charge in [-0.2, -0.15) is 0 Å². The summed E-state index contributed by atoms with van der Waals surface area (Å²) >= 11 is 0. The number of rotatable bonds is 3. The molecule has 2 atom stereocenters. The third-order valence-electron chi connectivity index (χ3n) is 4.87. The SMILES string of the molecule is CC1=C(C)CC(C(=O)NC2CCCCC2)C(C(=O)O)C1. The van der Waals surface area contributed by atoms with Crippen molar-refractivity contribution >= 4 is 11.9 Å². The van der Waals surface area contributed by atoms with Crippen LogP contribution in [-0.4, -0.2) is 23.0 Å². The molecule has 0 bridgehead atoms. The van der Waals surface area contributed by atoms with Crippen LogP contribution < -0.4 is 5.32 Å². The molecule has 2 N–H and O–H groups in total. The lowest BCUT2D eigenvalue weighted by Crippen LogP contribution is -2.44. The molecule has 0 radical (unpaired) electrons. The molecule has 0 saturated heterocycles. The highest BCUT2D eigenvalue weighted by Gasteiger charge is 2.37. The second-order valence-corrected chi connectivity index (χ2v) is 6.36. The van der Waals surface area contributed by atoms with Crippen LogP contribution in [0.1, 0.15) is 58.8 Å². The fourth-order valence-corrected chi connectivity index (χ4v) is 3.38. The van der Waals surface area contributed by atoms with Gasteiger partial charge in [0.1, 0.15) is 0 Å². The average Bonchev–Trinajstić information content (AvgIpc) is 2.42. The minimum atomic E-state index is -0.847. The minimum Gasteiger partial charge on any atom is -0.481 e. The number of amides is 1. The Bertz CT molecular complexity index is 421. The molecule has 1 amide bonds. The fourth-order valence-electron chi connectivity index (χ4n) is 3.38. The van der Waals surface area contributed by atoms with Gasteiger partial charge in [-0.25, -0.2) is 0 Å². The van der Waals surface area contributed by atoms with Crippen LogP contribution >= 0.6 is 0 Å². The number of carbonyl (C=O) groups is 2. The first kappa shape index (κ1) is 15.1. The van der Waals surface area contributed by atoms with Gasteiger partial charge in [-0.1, -0.05) is 30.4 Å². The van der Waals surface area contributed by atoms with Gasteiger partial charge in [0.15, 0.2) is 0 Å². The van der Waals surface area contributed by atoms with Crippen LogP contribution in [-0.2, 0) is 9.59 Å². The smallest absolute Gasteiger partial charge is 0.307 e. The Kier molecular flexibility index (Phi) is 4.84. The zero-order valence-corrected chi connectivity index (χ0v) is 12.4. The van der Waals surface area contributed by atoms with E-state index in [1.54, 1.807) is 0 Å². The van der Waals surface area contributed by atoms with Crippen molar-refractivity contribution in [3.63, 3.8) is 0 Å². The zero-order valence-electron chi connectivity index (χ0n) is 12.4. The van der Waals surface area contributed by atoms with Gasteiger partial charge in [-0.3, -0.25) is 9.59 Å². The van der Waals surface area contributed by atoms with Crippen LogP contribution in [0.5, 0.6) is 0 Å². The number of carbonyl (C=O) groups excluding carboxylic acids is 1. The molecule has 0 aromatic heterocycles.